The molecule has 6 aromatic rings. The molecule has 0 saturated heterocycles. The van der Waals surface area contributed by atoms with E-state index in [0.29, 0.717) is 50.7 Å². The van der Waals surface area contributed by atoms with Crippen LogP contribution >= 0.6 is 23.2 Å². The molecule has 372 valence electrons. The average Bonchev–Trinajstić information content (AvgIpc) is 4.27. The fraction of sp³-hybridized carbons (Fsp3) is 0.219. The molecule has 0 spiro atoms. The van der Waals surface area contributed by atoms with Gasteiger partial charge in [0.15, 0.2) is 0 Å². The standard InChI is InChI=1S/C64H59Cl2N5O3/c1-42-8-16-46(17-9-42)61-52-28-30-54(67-52)62(47-18-10-43(2)11-19-47)56-32-34-58(69-56)64(59-35-33-57(70-59)63(55-31-29-53(61)68-55)48-20-12-44(3)13-21-48)49-22-26-51(27-23-49)73-40-5-41-74-60(72)7-4-6-45-14-24-50(25-15-45)71(38-36-65)39-37-66/h8-30,32-35,70H,4-7,31,36-41H2,1-3H3. The molecule has 4 aliphatic rings. The highest BCUT2D eigenvalue weighted by atomic mass is 35.5. The van der Waals surface area contributed by atoms with E-state index in [2.05, 4.69) is 182 Å². The Hall–Kier alpha value is -7.52. The first kappa shape index (κ1) is 50.0. The highest BCUT2D eigenvalue weighted by Crippen LogP contribution is 2.38. The summed E-state index contributed by atoms with van der Waals surface area (Å²) < 4.78 is 11.8. The van der Waals surface area contributed by atoms with Gasteiger partial charge in [0.1, 0.15) is 5.75 Å². The fourth-order valence-corrected chi connectivity index (χ4v) is 10.2. The topological polar surface area (TPSA) is 91.6 Å². The summed E-state index contributed by atoms with van der Waals surface area (Å²) >= 11 is 12.0. The normalized spacial score (nSPS) is 14.9. The van der Waals surface area contributed by atoms with Gasteiger partial charge in [0, 0.05) is 82.8 Å². The van der Waals surface area contributed by atoms with Crippen molar-refractivity contribution in [2.24, 2.45) is 15.0 Å². The molecule has 5 heterocycles. The van der Waals surface area contributed by atoms with E-state index >= 15 is 0 Å². The molecule has 8 bridgehead atoms. The second-order valence-electron chi connectivity index (χ2n) is 19.0. The second kappa shape index (κ2) is 23.1. The van der Waals surface area contributed by atoms with E-state index in [0.717, 1.165) is 120 Å². The van der Waals surface area contributed by atoms with Gasteiger partial charge in [-0.2, -0.15) is 0 Å². The van der Waals surface area contributed by atoms with Gasteiger partial charge in [0.25, 0.3) is 0 Å². The van der Waals surface area contributed by atoms with Gasteiger partial charge in [-0.3, -0.25) is 9.79 Å². The second-order valence-corrected chi connectivity index (χ2v) is 19.8. The fourth-order valence-electron chi connectivity index (χ4n) is 9.76. The number of allylic oxidation sites excluding steroid dienone is 7. The van der Waals surface area contributed by atoms with Gasteiger partial charge in [-0.15, -0.1) is 23.2 Å². The van der Waals surface area contributed by atoms with Gasteiger partial charge in [0.05, 0.1) is 47.4 Å². The Bertz CT molecular complexity index is 3440. The average molecular weight is 1020 g/mol. The van der Waals surface area contributed by atoms with Crippen LogP contribution in [-0.4, -0.2) is 66.2 Å². The molecule has 5 aromatic carbocycles. The van der Waals surface area contributed by atoms with Crippen molar-refractivity contribution in [3.63, 3.8) is 0 Å². The number of carbonyl (C=O) groups is 1. The van der Waals surface area contributed by atoms with Gasteiger partial charge >= 0.3 is 5.97 Å². The molecule has 0 saturated carbocycles. The summed E-state index contributed by atoms with van der Waals surface area (Å²) in [6.45, 7) is 8.52. The molecule has 0 aliphatic carbocycles. The van der Waals surface area contributed by atoms with Crippen molar-refractivity contribution in [1.29, 1.82) is 0 Å². The van der Waals surface area contributed by atoms with Crippen LogP contribution in [0.3, 0.4) is 0 Å². The molecule has 10 heteroatoms. The summed E-state index contributed by atoms with van der Waals surface area (Å²) in [4.78, 5) is 35.0. The van der Waals surface area contributed by atoms with Crippen LogP contribution in [0.1, 0.15) is 70.2 Å². The van der Waals surface area contributed by atoms with E-state index in [9.17, 15) is 4.79 Å². The Balaban J connectivity index is 0.927. The van der Waals surface area contributed by atoms with E-state index in [4.69, 9.17) is 47.7 Å². The number of hydrogen-bond donors (Lipinski definition) is 1. The Labute approximate surface area is 443 Å². The van der Waals surface area contributed by atoms with Crippen molar-refractivity contribution in [2.45, 2.75) is 52.9 Å². The maximum atomic E-state index is 12.6. The predicted octanol–water partition coefficient (Wildman–Crippen LogP) is 12.5. The Kier molecular flexibility index (Phi) is 15.6. The third-order valence-corrected chi connectivity index (χ3v) is 14.0. The summed E-state index contributed by atoms with van der Waals surface area (Å²) in [5.74, 6) is 1.61. The first-order valence-electron chi connectivity index (χ1n) is 25.5. The van der Waals surface area contributed by atoms with Crippen LogP contribution in [0.15, 0.2) is 196 Å². The summed E-state index contributed by atoms with van der Waals surface area (Å²) in [7, 11) is 0. The number of aromatic nitrogens is 1. The van der Waals surface area contributed by atoms with Crippen LogP contribution in [0, 0.1) is 20.8 Å². The van der Waals surface area contributed by atoms with Gasteiger partial charge in [-0.1, -0.05) is 120 Å². The zero-order chi connectivity index (χ0) is 51.0. The maximum absolute atomic E-state index is 12.6. The predicted molar refractivity (Wildman–Crippen MR) is 306 cm³/mol. The number of H-pyrrole nitrogens is 1. The molecule has 8 nitrogen and oxygen atoms in total. The Morgan fingerprint density at radius 3 is 1.70 bits per heavy atom. The molecule has 0 amide bonds. The number of nitrogens with zero attached hydrogens (tertiary/aromatic N) is 4. The SMILES string of the molecule is Cc1ccc(C2=C3C=CC(=N3)C(c3ccc(C)cc3)=C3C=CC(=N3)C(c3ccc(OCCCOC(=O)CCCc4ccc(N(CCCl)CCCl)cc4)cc3)=c3ccc([nH]3)=C(c3ccc(C)cc3)C3=NC2=CC3)cc1. The number of carbonyl (C=O) groups excluding carboxylic acids is 1. The van der Waals surface area contributed by atoms with Gasteiger partial charge < -0.3 is 19.4 Å². The number of esters is 1. The maximum Gasteiger partial charge on any atom is 0.305 e. The smallest absolute Gasteiger partial charge is 0.305 e. The number of hydrogen-bond acceptors (Lipinski definition) is 7. The molecule has 4 aliphatic heterocycles. The number of aliphatic imine (C=N–C) groups is 3. The van der Waals surface area contributed by atoms with Crippen molar-refractivity contribution in [3.05, 3.63) is 236 Å². The quantitative estimate of drug-likeness (QED) is 0.0527. The third-order valence-electron chi connectivity index (χ3n) is 13.7. The molecule has 0 radical (unpaired) electrons. The number of nitrogens with one attached hydrogen (secondary N) is 1. The Morgan fingerprint density at radius 2 is 1.09 bits per heavy atom. The van der Waals surface area contributed by atoms with Crippen molar-refractivity contribution < 1.29 is 14.3 Å². The van der Waals surface area contributed by atoms with E-state index in [1.54, 1.807) is 0 Å². The highest BCUT2D eigenvalue weighted by molar-refractivity contribution is 6.35. The van der Waals surface area contributed by atoms with Gasteiger partial charge in [-0.25, -0.2) is 9.98 Å². The van der Waals surface area contributed by atoms with Crippen molar-refractivity contribution in [1.82, 2.24) is 4.98 Å². The lowest BCUT2D eigenvalue weighted by molar-refractivity contribution is -0.143. The molecule has 1 N–H and O–H groups in total. The number of benzene rings is 5. The number of alkyl halides is 2. The number of aromatic amines is 1. The van der Waals surface area contributed by atoms with Gasteiger partial charge in [-0.05, 0) is 122 Å². The Morgan fingerprint density at radius 1 is 0.568 bits per heavy atom. The van der Waals surface area contributed by atoms with Crippen LogP contribution in [0.2, 0.25) is 0 Å². The molecule has 1 aromatic heterocycles. The van der Waals surface area contributed by atoms with Crippen LogP contribution in [0.25, 0.3) is 22.3 Å². The number of aryl methyl sites for hydroxylation is 4. The molecule has 10 rings (SSSR count). The largest absolute Gasteiger partial charge is 0.493 e. The number of rotatable bonds is 18. The monoisotopic (exact) mass is 1020 g/mol. The summed E-state index contributed by atoms with van der Waals surface area (Å²) in [5, 5.41) is 1.89. The van der Waals surface area contributed by atoms with Crippen molar-refractivity contribution in [2.75, 3.05) is 43.0 Å². The lowest BCUT2D eigenvalue weighted by Crippen LogP contribution is -2.27. The van der Waals surface area contributed by atoms with E-state index in [1.165, 1.54) is 22.3 Å². The number of anilines is 1. The minimum absolute atomic E-state index is 0.198. The summed E-state index contributed by atoms with van der Waals surface area (Å²) in [6, 6.07) is 46.8. The zero-order valence-electron chi connectivity index (χ0n) is 42.1. The zero-order valence-corrected chi connectivity index (χ0v) is 43.6. The van der Waals surface area contributed by atoms with Crippen molar-refractivity contribution in [3.8, 4) is 5.75 Å². The molecule has 0 atom stereocenters. The molecule has 0 unspecified atom stereocenters. The number of fused-ring (bicyclic) bond motifs is 5. The van der Waals surface area contributed by atoms with Crippen LogP contribution in [0.5, 0.6) is 5.75 Å². The lowest BCUT2D eigenvalue weighted by atomic mass is 9.98. The minimum atomic E-state index is -0.198. The van der Waals surface area contributed by atoms with Crippen LogP contribution in [0.4, 0.5) is 5.69 Å². The van der Waals surface area contributed by atoms with Gasteiger partial charge in [0.2, 0.25) is 0 Å². The van der Waals surface area contributed by atoms with E-state index < -0.39 is 0 Å². The third kappa shape index (κ3) is 11.5. The molecule has 74 heavy (non-hydrogen) atoms. The highest BCUT2D eigenvalue weighted by Gasteiger charge is 2.26. The van der Waals surface area contributed by atoms with E-state index in [1.807, 2.05) is 12.1 Å². The number of ether oxygens (including phenoxy) is 2. The first-order valence-corrected chi connectivity index (χ1v) is 26.6. The lowest BCUT2D eigenvalue weighted by Gasteiger charge is -2.23. The summed E-state index contributed by atoms with van der Waals surface area (Å²) in [6.07, 6.45) is 13.8. The van der Waals surface area contributed by atoms with Crippen molar-refractivity contribution >= 4 is 74.3 Å². The minimum Gasteiger partial charge on any atom is -0.493 e. The van der Waals surface area contributed by atoms with E-state index in [-0.39, 0.29) is 5.97 Å². The summed E-state index contributed by atoms with van der Waals surface area (Å²) in [5.41, 5.74) is 19.2. The van der Waals surface area contributed by atoms with Crippen LogP contribution < -0.4 is 20.3 Å². The first-order chi connectivity index (χ1) is 36.2. The van der Waals surface area contributed by atoms with Crippen LogP contribution in [-0.2, 0) is 16.0 Å². The molecular weight excluding hydrogens is 958 g/mol. The molecule has 0 fully saturated rings. The number of halogens is 2. The molecular formula is C64H59Cl2N5O3.